The van der Waals surface area contributed by atoms with Gasteiger partial charge in [-0.05, 0) is 0 Å². The Morgan fingerprint density at radius 3 is 1.96 bits per heavy atom. The Hall–Kier alpha value is 0.501. The summed E-state index contributed by atoms with van der Waals surface area (Å²) in [6.45, 7) is 16.6. The van der Waals surface area contributed by atoms with E-state index < -0.39 is 8.07 Å². The zero-order valence-electron chi connectivity index (χ0n) is 15.7. The monoisotopic (exact) mass is 436 g/mol. The number of allylic oxidation sites excluding steroid dienone is 4. The van der Waals surface area contributed by atoms with Crippen molar-refractivity contribution in [1.29, 1.82) is 0 Å². The molecule has 1 aliphatic rings. The van der Waals surface area contributed by atoms with Gasteiger partial charge in [0, 0.05) is 0 Å². The second-order valence-corrected chi connectivity index (χ2v) is 13.7. The molecule has 0 aliphatic heterocycles. The molecule has 0 spiro atoms. The Morgan fingerprint density at radius 2 is 1.54 bits per heavy atom. The number of hydrogen-bond acceptors (Lipinski definition) is 0. The van der Waals surface area contributed by atoms with E-state index in [1.165, 1.54) is 16.7 Å². The van der Waals surface area contributed by atoms with Crippen molar-refractivity contribution in [2.24, 2.45) is 0 Å². The maximum atomic E-state index is 2.50. The van der Waals surface area contributed by atoms with Gasteiger partial charge in [-0.2, -0.15) is 0 Å². The van der Waals surface area contributed by atoms with Crippen LogP contribution in [0.2, 0.25) is 19.6 Å². The van der Waals surface area contributed by atoms with Gasteiger partial charge in [0.1, 0.15) is 0 Å². The molecule has 0 fully saturated rings. The van der Waals surface area contributed by atoms with Crippen LogP contribution in [0.4, 0.5) is 0 Å². The molecule has 1 aliphatic carbocycles. The van der Waals surface area contributed by atoms with Crippen LogP contribution in [0.5, 0.6) is 0 Å². The first kappa shape index (κ1) is 26.7. The number of rotatable bonds is 3. The predicted octanol–water partition coefficient (Wildman–Crippen LogP) is -3.40. The van der Waals surface area contributed by atoms with Gasteiger partial charge in [0.25, 0.3) is 0 Å². The predicted molar refractivity (Wildman–Crippen MR) is 92.0 cm³/mol. The smallest absolute Gasteiger partial charge is 1.00 e. The molecule has 2 rings (SSSR count). The van der Waals surface area contributed by atoms with Crippen molar-refractivity contribution in [2.75, 3.05) is 0 Å². The van der Waals surface area contributed by atoms with Gasteiger partial charge < -0.3 is 37.2 Å². The molecule has 0 nitrogen and oxygen atoms in total. The van der Waals surface area contributed by atoms with E-state index in [-0.39, 0.29) is 42.6 Å². The van der Waals surface area contributed by atoms with Gasteiger partial charge in [-0.25, -0.2) is 0 Å². The summed E-state index contributed by atoms with van der Waals surface area (Å²) < 4.78 is 1.57. The Kier molecular flexibility index (Phi) is 10.5. The molecule has 0 bridgehead atoms. The Morgan fingerprint density at radius 1 is 1.00 bits per heavy atom. The zero-order valence-corrected chi connectivity index (χ0v) is 20.5. The molecule has 0 unspecified atom stereocenters. The normalized spacial score (nSPS) is 14.5. The SMILES string of the molecule is Cc1ccc(C(C)(C)C2=[C]([Ti+3])C([Si](C)(C)C)=CC2)c(C)c1.[Cl-].[Cl-].[Cl-]. The van der Waals surface area contributed by atoms with Crippen LogP contribution in [0.1, 0.15) is 37.0 Å². The third-order valence-corrected chi connectivity index (χ3v) is 8.05. The van der Waals surface area contributed by atoms with Gasteiger partial charge in [0.15, 0.2) is 0 Å². The minimum Gasteiger partial charge on any atom is -1.00 e. The van der Waals surface area contributed by atoms with Crippen molar-refractivity contribution in [3.63, 3.8) is 0 Å². The molecule has 1 aromatic rings. The topological polar surface area (TPSA) is 0 Å². The molecule has 0 atom stereocenters. The molecule has 0 N–H and O–H groups in total. The Bertz CT molecular complexity index is 641. The molecule has 1 aromatic carbocycles. The van der Waals surface area contributed by atoms with E-state index >= 15 is 0 Å². The largest absolute Gasteiger partial charge is 1.00 e. The molecule has 5 heteroatoms. The van der Waals surface area contributed by atoms with Crippen molar-refractivity contribution in [1.82, 2.24) is 0 Å². The zero-order chi connectivity index (χ0) is 16.0. The van der Waals surface area contributed by atoms with E-state index in [1.54, 1.807) is 14.6 Å². The van der Waals surface area contributed by atoms with E-state index in [4.69, 9.17) is 0 Å². The van der Waals surface area contributed by atoms with E-state index in [9.17, 15) is 0 Å². The minimum atomic E-state index is -1.23. The molecule has 0 saturated heterocycles. The first-order chi connectivity index (χ1) is 9.55. The van der Waals surface area contributed by atoms with Crippen molar-refractivity contribution >= 4 is 8.07 Å². The standard InChI is InChI=1S/C19H27Si.3ClH.Ti/c1-14-8-11-18(15(2)12-14)19(3,4)16-9-10-17(13-16)20(5,6)7;;;;/h8,10-12H,9H2,1-7H3;3*1H;/q;;;;+3/p-3. The van der Waals surface area contributed by atoms with Gasteiger partial charge in [-0.15, -0.1) is 0 Å². The summed E-state index contributed by atoms with van der Waals surface area (Å²) in [5.74, 6) is 0. The summed E-state index contributed by atoms with van der Waals surface area (Å²) >= 11 is 2.34. The fraction of sp³-hybridized carbons (Fsp3) is 0.474. The molecule has 0 saturated carbocycles. The van der Waals surface area contributed by atoms with E-state index in [2.05, 4.69) is 92.0 Å². The molecular weight excluding hydrogens is 411 g/mol. The van der Waals surface area contributed by atoms with Crippen LogP contribution in [0.15, 0.2) is 38.9 Å². The average molecular weight is 438 g/mol. The second kappa shape index (κ2) is 9.44. The number of benzene rings is 1. The molecule has 0 aromatic heterocycles. The number of aryl methyl sites for hydroxylation is 2. The molecule has 132 valence electrons. The minimum absolute atomic E-state index is 0. The fourth-order valence-electron chi connectivity index (χ4n) is 3.50. The van der Waals surface area contributed by atoms with Crippen LogP contribution in [-0.4, -0.2) is 8.07 Å². The van der Waals surface area contributed by atoms with Crippen LogP contribution in [-0.2, 0) is 25.9 Å². The summed E-state index contributed by atoms with van der Waals surface area (Å²) in [6.07, 6.45) is 3.63. The van der Waals surface area contributed by atoms with Gasteiger partial charge in [-0.1, -0.05) is 0 Å². The van der Waals surface area contributed by atoms with Gasteiger partial charge >= 0.3 is 143 Å². The van der Waals surface area contributed by atoms with Gasteiger partial charge in [-0.3, -0.25) is 0 Å². The van der Waals surface area contributed by atoms with Crippen molar-refractivity contribution in [3.05, 3.63) is 55.6 Å². The summed E-state index contributed by atoms with van der Waals surface area (Å²) in [6, 6.07) is 6.90. The third kappa shape index (κ3) is 5.25. The molecular formula is C19H27Cl3SiTi. The number of hydrogen-bond donors (Lipinski definition) is 0. The Labute approximate surface area is 179 Å². The van der Waals surface area contributed by atoms with E-state index in [1.807, 2.05) is 0 Å². The maximum Gasteiger partial charge on any atom is -1.00 e. The van der Waals surface area contributed by atoms with Crippen LogP contribution < -0.4 is 37.2 Å². The Balaban J connectivity index is 0. The van der Waals surface area contributed by atoms with Crippen LogP contribution in [0.3, 0.4) is 0 Å². The first-order valence-electron chi connectivity index (χ1n) is 7.79. The second-order valence-electron chi connectivity index (χ2n) is 7.87. The van der Waals surface area contributed by atoms with Crippen LogP contribution >= 0.6 is 0 Å². The first-order valence-corrected chi connectivity index (χ1v) is 12.1. The maximum absolute atomic E-state index is 2.50. The summed E-state index contributed by atoms with van der Waals surface area (Å²) in [5, 5.41) is 1.66. The quantitative estimate of drug-likeness (QED) is 0.433. The van der Waals surface area contributed by atoms with Crippen molar-refractivity contribution in [2.45, 2.75) is 59.2 Å². The number of halogens is 3. The molecule has 0 radical (unpaired) electrons. The third-order valence-electron chi connectivity index (χ3n) is 4.70. The summed E-state index contributed by atoms with van der Waals surface area (Å²) in [7, 11) is -1.23. The summed E-state index contributed by atoms with van der Waals surface area (Å²) in [4.78, 5) is 0. The molecule has 24 heavy (non-hydrogen) atoms. The average Bonchev–Trinajstić information content (AvgIpc) is 2.70. The van der Waals surface area contributed by atoms with E-state index in [0.717, 1.165) is 6.42 Å². The van der Waals surface area contributed by atoms with Gasteiger partial charge in [0.05, 0.1) is 0 Å². The van der Waals surface area contributed by atoms with Crippen LogP contribution in [0, 0.1) is 13.8 Å². The van der Waals surface area contributed by atoms with Crippen molar-refractivity contribution in [3.8, 4) is 0 Å². The van der Waals surface area contributed by atoms with Crippen molar-refractivity contribution < 1.29 is 57.7 Å². The van der Waals surface area contributed by atoms with E-state index in [0.29, 0.717) is 0 Å². The van der Waals surface area contributed by atoms with Crippen LogP contribution in [0.25, 0.3) is 0 Å². The molecule has 0 amide bonds. The van der Waals surface area contributed by atoms with Gasteiger partial charge in [0.2, 0.25) is 0 Å². The fourth-order valence-corrected chi connectivity index (χ4v) is 7.68. The molecule has 0 heterocycles. The summed E-state index contributed by atoms with van der Waals surface area (Å²) in [5.41, 5.74) is 5.99.